The fourth-order valence-corrected chi connectivity index (χ4v) is 1.75. The Bertz CT molecular complexity index is 150. The Morgan fingerprint density at radius 2 is 2.10 bits per heavy atom. The Labute approximate surface area is 62.2 Å². The molecule has 58 valence electrons. The zero-order valence-electron chi connectivity index (χ0n) is 6.92. The summed E-state index contributed by atoms with van der Waals surface area (Å²) >= 11 is 0. The van der Waals surface area contributed by atoms with Crippen molar-refractivity contribution in [2.75, 3.05) is 13.2 Å². The molecule has 10 heavy (non-hydrogen) atoms. The molecule has 2 aliphatic heterocycles. The number of ether oxygens (including phenoxy) is 1. The molecule has 1 unspecified atom stereocenters. The van der Waals surface area contributed by atoms with Gasteiger partial charge in [-0.1, -0.05) is 0 Å². The van der Waals surface area contributed by atoms with E-state index in [1.54, 1.807) is 0 Å². The molecule has 2 saturated heterocycles. The van der Waals surface area contributed by atoms with Gasteiger partial charge in [0.2, 0.25) is 0 Å². The van der Waals surface area contributed by atoms with E-state index in [2.05, 4.69) is 25.7 Å². The molecular formula is C8H15NO. The summed E-state index contributed by atoms with van der Waals surface area (Å²) in [5.41, 5.74) is 0.352. The van der Waals surface area contributed by atoms with Crippen LogP contribution < -0.4 is 0 Å². The van der Waals surface area contributed by atoms with Crippen molar-refractivity contribution in [2.45, 2.75) is 38.5 Å². The van der Waals surface area contributed by atoms with Crippen LogP contribution in [0.2, 0.25) is 0 Å². The number of nitrogens with zero attached hydrogens (tertiary/aromatic N) is 1. The summed E-state index contributed by atoms with van der Waals surface area (Å²) in [6.07, 6.45) is 0.583. The Kier molecular flexibility index (Phi) is 1.15. The third-order valence-corrected chi connectivity index (χ3v) is 2.55. The first-order valence-corrected chi connectivity index (χ1v) is 3.97. The Morgan fingerprint density at radius 3 is 2.20 bits per heavy atom. The van der Waals surface area contributed by atoms with E-state index in [-0.39, 0.29) is 0 Å². The number of hydrogen-bond acceptors (Lipinski definition) is 2. The van der Waals surface area contributed by atoms with Crippen molar-refractivity contribution >= 4 is 0 Å². The molecule has 0 radical (unpaired) electrons. The molecule has 0 amide bonds. The van der Waals surface area contributed by atoms with Crippen molar-refractivity contribution < 1.29 is 4.74 Å². The van der Waals surface area contributed by atoms with Crippen LogP contribution >= 0.6 is 0 Å². The molecule has 0 bridgehead atoms. The van der Waals surface area contributed by atoms with Crippen molar-refractivity contribution in [1.82, 2.24) is 4.90 Å². The summed E-state index contributed by atoms with van der Waals surface area (Å²) < 4.78 is 5.31. The van der Waals surface area contributed by atoms with Gasteiger partial charge in [-0.05, 0) is 20.8 Å². The quantitative estimate of drug-likeness (QED) is 0.496. The number of fused-ring (bicyclic) bond motifs is 1. The summed E-state index contributed by atoms with van der Waals surface area (Å²) in [5, 5.41) is 0. The SMILES string of the molecule is CC(C)(C)N1CC2OC[C@H]21. The van der Waals surface area contributed by atoms with Gasteiger partial charge in [0, 0.05) is 12.1 Å². The van der Waals surface area contributed by atoms with Crippen LogP contribution in [-0.2, 0) is 4.74 Å². The van der Waals surface area contributed by atoms with Crippen LogP contribution in [0.3, 0.4) is 0 Å². The van der Waals surface area contributed by atoms with Crippen LogP contribution in [-0.4, -0.2) is 35.7 Å². The van der Waals surface area contributed by atoms with Gasteiger partial charge in [-0.3, -0.25) is 4.90 Å². The van der Waals surface area contributed by atoms with Crippen molar-refractivity contribution in [1.29, 1.82) is 0 Å². The van der Waals surface area contributed by atoms with Gasteiger partial charge in [-0.25, -0.2) is 0 Å². The van der Waals surface area contributed by atoms with Crippen molar-refractivity contribution in [3.8, 4) is 0 Å². The lowest BCUT2D eigenvalue weighted by atomic mass is 9.88. The largest absolute Gasteiger partial charge is 0.373 e. The zero-order chi connectivity index (χ0) is 7.35. The highest BCUT2D eigenvalue weighted by Gasteiger charge is 2.50. The Hall–Kier alpha value is -0.0800. The fraction of sp³-hybridized carbons (Fsp3) is 1.00. The van der Waals surface area contributed by atoms with Crippen LogP contribution in [0.1, 0.15) is 20.8 Å². The zero-order valence-corrected chi connectivity index (χ0v) is 6.92. The van der Waals surface area contributed by atoms with Crippen LogP contribution in [0.25, 0.3) is 0 Å². The summed E-state index contributed by atoms with van der Waals surface area (Å²) in [4.78, 5) is 2.52. The minimum atomic E-state index is 0.352. The topological polar surface area (TPSA) is 12.5 Å². The minimum Gasteiger partial charge on any atom is -0.373 e. The van der Waals surface area contributed by atoms with E-state index in [9.17, 15) is 0 Å². The van der Waals surface area contributed by atoms with Gasteiger partial charge in [0.1, 0.15) is 0 Å². The fourth-order valence-electron chi connectivity index (χ4n) is 1.75. The predicted octanol–water partition coefficient (Wildman–Crippen LogP) is 0.868. The molecule has 2 heteroatoms. The second-order valence-electron chi connectivity index (χ2n) is 4.26. The summed E-state index contributed by atoms with van der Waals surface area (Å²) in [7, 11) is 0. The predicted molar refractivity (Wildman–Crippen MR) is 40.0 cm³/mol. The van der Waals surface area contributed by atoms with E-state index < -0.39 is 0 Å². The lowest BCUT2D eigenvalue weighted by Gasteiger charge is -2.60. The molecule has 2 heterocycles. The molecule has 0 aromatic heterocycles. The Morgan fingerprint density at radius 1 is 1.40 bits per heavy atom. The molecule has 2 rings (SSSR count). The lowest BCUT2D eigenvalue weighted by molar-refractivity contribution is -0.238. The molecule has 0 aromatic carbocycles. The van der Waals surface area contributed by atoms with Gasteiger partial charge >= 0.3 is 0 Å². The smallest absolute Gasteiger partial charge is 0.0880 e. The third-order valence-electron chi connectivity index (χ3n) is 2.55. The molecule has 2 fully saturated rings. The maximum absolute atomic E-state index is 5.31. The first-order valence-electron chi connectivity index (χ1n) is 3.97. The average molecular weight is 141 g/mol. The first-order chi connectivity index (χ1) is 4.59. The van der Waals surface area contributed by atoms with Crippen LogP contribution in [0.15, 0.2) is 0 Å². The summed E-state index contributed by atoms with van der Waals surface area (Å²) in [6, 6.07) is 0.750. The molecular weight excluding hydrogens is 126 g/mol. The van der Waals surface area contributed by atoms with E-state index in [1.165, 1.54) is 0 Å². The molecule has 2 nitrogen and oxygen atoms in total. The van der Waals surface area contributed by atoms with E-state index in [0.717, 1.165) is 19.2 Å². The number of hydrogen-bond donors (Lipinski definition) is 0. The maximum atomic E-state index is 5.31. The van der Waals surface area contributed by atoms with Crippen LogP contribution in [0.4, 0.5) is 0 Å². The third kappa shape index (κ3) is 0.722. The number of rotatable bonds is 0. The van der Waals surface area contributed by atoms with Gasteiger partial charge in [0.15, 0.2) is 0 Å². The highest BCUT2D eigenvalue weighted by atomic mass is 16.5. The van der Waals surface area contributed by atoms with Gasteiger partial charge in [0.25, 0.3) is 0 Å². The Balaban J connectivity index is 1.97. The lowest BCUT2D eigenvalue weighted by Crippen LogP contribution is -2.74. The highest BCUT2D eigenvalue weighted by Crippen LogP contribution is 2.35. The van der Waals surface area contributed by atoms with Crippen molar-refractivity contribution in [2.24, 2.45) is 0 Å². The maximum Gasteiger partial charge on any atom is 0.0880 e. The second-order valence-corrected chi connectivity index (χ2v) is 4.26. The van der Waals surface area contributed by atoms with E-state index in [0.29, 0.717) is 11.6 Å². The molecule has 2 aliphatic rings. The molecule has 0 aliphatic carbocycles. The monoisotopic (exact) mass is 141 g/mol. The molecule has 0 aromatic rings. The second kappa shape index (κ2) is 1.74. The normalized spacial score (nSPS) is 39.9. The number of likely N-dealkylation sites (tertiary alicyclic amines) is 1. The van der Waals surface area contributed by atoms with Gasteiger partial charge < -0.3 is 4.74 Å². The van der Waals surface area contributed by atoms with Crippen LogP contribution in [0, 0.1) is 0 Å². The van der Waals surface area contributed by atoms with E-state index in [4.69, 9.17) is 4.74 Å². The van der Waals surface area contributed by atoms with E-state index in [1.807, 2.05) is 0 Å². The standard InChI is InChI=1S/C8H15NO/c1-8(2,3)9-4-7-6(9)5-10-7/h6-7H,4-5H2,1-3H3/t6-,7?/m1/s1. The van der Waals surface area contributed by atoms with Gasteiger partial charge in [-0.15, -0.1) is 0 Å². The highest BCUT2D eigenvalue weighted by molar-refractivity contribution is 5.03. The minimum absolute atomic E-state index is 0.352. The van der Waals surface area contributed by atoms with Crippen molar-refractivity contribution in [3.05, 3.63) is 0 Å². The summed E-state index contributed by atoms with van der Waals surface area (Å²) in [5.74, 6) is 0. The van der Waals surface area contributed by atoms with Crippen molar-refractivity contribution in [3.63, 3.8) is 0 Å². The molecule has 0 N–H and O–H groups in total. The molecule has 0 spiro atoms. The van der Waals surface area contributed by atoms with Gasteiger partial charge in [0.05, 0.1) is 18.8 Å². The summed E-state index contributed by atoms with van der Waals surface area (Å²) in [6.45, 7) is 8.90. The first kappa shape index (κ1) is 6.62. The molecule has 2 atom stereocenters. The number of morpholine rings is 1. The molecule has 0 saturated carbocycles. The van der Waals surface area contributed by atoms with E-state index >= 15 is 0 Å². The van der Waals surface area contributed by atoms with Gasteiger partial charge in [-0.2, -0.15) is 0 Å². The van der Waals surface area contributed by atoms with Crippen LogP contribution in [0.5, 0.6) is 0 Å². The average Bonchev–Trinajstić information content (AvgIpc) is 1.74.